The largest absolute Gasteiger partial charge is 0.337 e. The van der Waals surface area contributed by atoms with E-state index >= 15 is 0 Å². The number of hydrogen-bond donors (Lipinski definition) is 0. The molecule has 8 heteroatoms. The van der Waals surface area contributed by atoms with Crippen LogP contribution in [0.1, 0.15) is 30.5 Å². The van der Waals surface area contributed by atoms with E-state index in [2.05, 4.69) is 20.1 Å². The van der Waals surface area contributed by atoms with E-state index in [0.29, 0.717) is 18.9 Å². The van der Waals surface area contributed by atoms with Crippen molar-refractivity contribution in [1.29, 1.82) is 0 Å². The predicted octanol–water partition coefficient (Wildman–Crippen LogP) is 0.555. The number of anilines is 1. The summed E-state index contributed by atoms with van der Waals surface area (Å²) in [6.45, 7) is 6.92. The Morgan fingerprint density at radius 3 is 2.55 bits per heavy atom. The number of carbonyl (C=O) groups is 1. The molecule has 0 unspecified atom stereocenters. The van der Waals surface area contributed by atoms with Gasteiger partial charge in [-0.3, -0.25) is 4.79 Å². The van der Waals surface area contributed by atoms with Gasteiger partial charge in [-0.1, -0.05) is 0 Å². The van der Waals surface area contributed by atoms with Crippen molar-refractivity contribution in [2.45, 2.75) is 19.9 Å². The van der Waals surface area contributed by atoms with Gasteiger partial charge in [-0.2, -0.15) is 0 Å². The predicted molar refractivity (Wildman–Crippen MR) is 81.7 cm³/mol. The number of hydrogen-bond acceptors (Lipinski definition) is 5. The van der Waals surface area contributed by atoms with Crippen molar-refractivity contribution in [3.63, 3.8) is 0 Å². The zero-order chi connectivity index (χ0) is 15.7. The van der Waals surface area contributed by atoms with Crippen molar-refractivity contribution in [2.24, 2.45) is 7.05 Å². The molecule has 0 saturated carbocycles. The second-order valence-electron chi connectivity index (χ2n) is 5.77. The molecule has 0 radical (unpaired) electrons. The number of carbonyl (C=O) groups excluding carboxylic acids is 1. The summed E-state index contributed by atoms with van der Waals surface area (Å²) in [6, 6.07) is 0.224. The van der Waals surface area contributed by atoms with Crippen LogP contribution in [-0.4, -0.2) is 61.3 Å². The van der Waals surface area contributed by atoms with E-state index in [-0.39, 0.29) is 11.9 Å². The highest BCUT2D eigenvalue weighted by Crippen LogP contribution is 2.15. The number of imidazole rings is 1. The van der Waals surface area contributed by atoms with Crippen LogP contribution in [0.25, 0.3) is 0 Å². The third kappa shape index (κ3) is 2.56. The molecule has 8 nitrogen and oxygen atoms in total. The molecule has 0 spiro atoms. The Morgan fingerprint density at radius 2 is 1.95 bits per heavy atom. The molecular formula is C14H21N7O. The Morgan fingerprint density at radius 1 is 1.23 bits per heavy atom. The Labute approximate surface area is 129 Å². The zero-order valence-electron chi connectivity index (χ0n) is 13.2. The van der Waals surface area contributed by atoms with Crippen molar-refractivity contribution < 1.29 is 4.79 Å². The van der Waals surface area contributed by atoms with E-state index in [4.69, 9.17) is 0 Å². The first-order valence-electron chi connectivity index (χ1n) is 7.49. The Bertz CT molecular complexity index is 652. The number of nitrogens with zero attached hydrogens (tertiary/aromatic N) is 7. The number of aryl methyl sites for hydroxylation is 1. The zero-order valence-corrected chi connectivity index (χ0v) is 13.2. The van der Waals surface area contributed by atoms with Gasteiger partial charge in [0.1, 0.15) is 6.33 Å². The molecule has 0 aliphatic carbocycles. The van der Waals surface area contributed by atoms with Gasteiger partial charge in [-0.15, -0.1) is 10.2 Å². The fourth-order valence-electron chi connectivity index (χ4n) is 2.71. The van der Waals surface area contributed by atoms with E-state index in [1.165, 1.54) is 0 Å². The van der Waals surface area contributed by atoms with E-state index in [9.17, 15) is 4.79 Å². The van der Waals surface area contributed by atoms with E-state index in [0.717, 1.165) is 19.0 Å². The molecule has 0 N–H and O–H groups in total. The van der Waals surface area contributed by atoms with Gasteiger partial charge in [-0.25, -0.2) is 4.98 Å². The van der Waals surface area contributed by atoms with Crippen molar-refractivity contribution in [1.82, 2.24) is 29.2 Å². The Kier molecular flexibility index (Phi) is 3.82. The molecule has 1 aliphatic rings. The summed E-state index contributed by atoms with van der Waals surface area (Å²) >= 11 is 0. The highest BCUT2D eigenvalue weighted by atomic mass is 16.2. The monoisotopic (exact) mass is 303 g/mol. The van der Waals surface area contributed by atoms with Crippen LogP contribution in [0.15, 0.2) is 18.7 Å². The molecule has 0 bridgehead atoms. The number of amides is 1. The topological polar surface area (TPSA) is 72.1 Å². The minimum atomic E-state index is -0.00341. The van der Waals surface area contributed by atoms with Crippen LogP contribution in [0.2, 0.25) is 0 Å². The van der Waals surface area contributed by atoms with E-state index in [1.807, 2.05) is 41.1 Å². The number of rotatable bonds is 3. The second-order valence-corrected chi connectivity index (χ2v) is 5.77. The van der Waals surface area contributed by atoms with Gasteiger partial charge in [-0.05, 0) is 13.8 Å². The van der Waals surface area contributed by atoms with Gasteiger partial charge in [0.05, 0.1) is 0 Å². The van der Waals surface area contributed by atoms with Crippen LogP contribution >= 0.6 is 0 Å². The summed E-state index contributed by atoms with van der Waals surface area (Å²) in [6.07, 6.45) is 5.23. The summed E-state index contributed by atoms with van der Waals surface area (Å²) in [7, 11) is 1.92. The van der Waals surface area contributed by atoms with Gasteiger partial charge in [0.15, 0.2) is 5.82 Å². The first-order chi connectivity index (χ1) is 10.6. The Hall–Kier alpha value is -2.38. The van der Waals surface area contributed by atoms with Gasteiger partial charge < -0.3 is 18.9 Å². The minimum absolute atomic E-state index is 0.00341. The van der Waals surface area contributed by atoms with Crippen LogP contribution in [0.5, 0.6) is 0 Å². The van der Waals surface area contributed by atoms with Gasteiger partial charge in [0, 0.05) is 51.7 Å². The maximum Gasteiger partial charge on any atom is 0.289 e. The molecule has 3 heterocycles. The fourth-order valence-corrected chi connectivity index (χ4v) is 2.71. The molecule has 22 heavy (non-hydrogen) atoms. The van der Waals surface area contributed by atoms with Crippen LogP contribution in [0.4, 0.5) is 5.95 Å². The summed E-state index contributed by atoms with van der Waals surface area (Å²) in [5.41, 5.74) is 0. The average Bonchev–Trinajstić information content (AvgIpc) is 3.15. The Balaban J connectivity index is 1.67. The molecule has 118 valence electrons. The van der Waals surface area contributed by atoms with E-state index < -0.39 is 0 Å². The summed E-state index contributed by atoms with van der Waals surface area (Å²) < 4.78 is 3.81. The van der Waals surface area contributed by atoms with Crippen LogP contribution in [0.3, 0.4) is 0 Å². The minimum Gasteiger partial charge on any atom is -0.337 e. The lowest BCUT2D eigenvalue weighted by Crippen LogP contribution is -2.50. The molecule has 1 fully saturated rings. The lowest BCUT2D eigenvalue weighted by Gasteiger charge is -2.34. The third-order valence-electron chi connectivity index (χ3n) is 3.95. The maximum absolute atomic E-state index is 12.6. The maximum atomic E-state index is 12.6. The summed E-state index contributed by atoms with van der Waals surface area (Å²) in [5, 5.41) is 8.02. The molecule has 2 aromatic rings. The van der Waals surface area contributed by atoms with Gasteiger partial charge >= 0.3 is 0 Å². The second kappa shape index (κ2) is 5.78. The summed E-state index contributed by atoms with van der Waals surface area (Å²) in [5.74, 6) is 1.36. The fraction of sp³-hybridized carbons (Fsp3) is 0.571. The molecule has 0 aromatic carbocycles. The average molecular weight is 303 g/mol. The van der Waals surface area contributed by atoms with E-state index in [1.54, 1.807) is 12.5 Å². The van der Waals surface area contributed by atoms with Crippen molar-refractivity contribution in [3.8, 4) is 0 Å². The molecule has 1 amide bonds. The van der Waals surface area contributed by atoms with Crippen molar-refractivity contribution >= 4 is 11.9 Å². The SMILES string of the molecule is CC(C)n1ccnc1C(=O)N1CCN(c2nncn2C)CC1. The first-order valence-corrected chi connectivity index (χ1v) is 7.49. The van der Waals surface area contributed by atoms with Crippen LogP contribution in [-0.2, 0) is 7.05 Å². The van der Waals surface area contributed by atoms with Crippen LogP contribution < -0.4 is 4.90 Å². The number of aromatic nitrogens is 5. The molecule has 2 aromatic heterocycles. The highest BCUT2D eigenvalue weighted by molar-refractivity contribution is 5.91. The summed E-state index contributed by atoms with van der Waals surface area (Å²) in [4.78, 5) is 20.9. The molecule has 1 aliphatic heterocycles. The first kappa shape index (κ1) is 14.6. The smallest absolute Gasteiger partial charge is 0.289 e. The normalized spacial score (nSPS) is 15.6. The van der Waals surface area contributed by atoms with Gasteiger partial charge in [0.2, 0.25) is 5.95 Å². The third-order valence-corrected chi connectivity index (χ3v) is 3.95. The van der Waals surface area contributed by atoms with Crippen molar-refractivity contribution in [3.05, 3.63) is 24.5 Å². The van der Waals surface area contributed by atoms with Gasteiger partial charge in [0.25, 0.3) is 5.91 Å². The highest BCUT2D eigenvalue weighted by Gasteiger charge is 2.26. The quantitative estimate of drug-likeness (QED) is 0.828. The molecule has 3 rings (SSSR count). The standard InChI is InChI=1S/C14H21N7O/c1-11(2)21-5-4-15-12(21)13(22)19-6-8-20(9-7-19)14-17-16-10-18(14)3/h4-5,10-11H,6-9H2,1-3H3. The molecular weight excluding hydrogens is 282 g/mol. The number of piperazine rings is 1. The van der Waals surface area contributed by atoms with Crippen molar-refractivity contribution in [2.75, 3.05) is 31.1 Å². The molecule has 1 saturated heterocycles. The van der Waals surface area contributed by atoms with Crippen LogP contribution in [0, 0.1) is 0 Å². The lowest BCUT2D eigenvalue weighted by molar-refractivity contribution is 0.0727. The molecule has 0 atom stereocenters. The lowest BCUT2D eigenvalue weighted by atomic mass is 10.3.